The second-order valence-corrected chi connectivity index (χ2v) is 6.54. The van der Waals surface area contributed by atoms with Gasteiger partial charge in [-0.15, -0.1) is 0 Å². The largest absolute Gasteiger partial charge is 0.442 e. The molecule has 0 aliphatic rings. The van der Waals surface area contributed by atoms with Crippen LogP contribution in [0.1, 0.15) is 27.7 Å². The van der Waals surface area contributed by atoms with Gasteiger partial charge in [0, 0.05) is 18.5 Å². The van der Waals surface area contributed by atoms with Crippen LogP contribution < -0.4 is 11.1 Å². The SMILES string of the molecule is CCN(OCCNc1c(N)cnc2ccccc12)C(=O)OC(C)(C)C. The van der Waals surface area contributed by atoms with Crippen LogP contribution in [0.5, 0.6) is 0 Å². The Morgan fingerprint density at radius 1 is 1.32 bits per heavy atom. The van der Waals surface area contributed by atoms with Gasteiger partial charge >= 0.3 is 6.09 Å². The molecule has 7 nitrogen and oxygen atoms in total. The third-order valence-electron chi connectivity index (χ3n) is 3.34. The lowest BCUT2D eigenvalue weighted by molar-refractivity contribution is -0.141. The number of hydroxylamine groups is 2. The molecule has 0 saturated carbocycles. The molecule has 1 heterocycles. The highest BCUT2D eigenvalue weighted by atomic mass is 16.7. The first-order valence-electron chi connectivity index (χ1n) is 8.32. The van der Waals surface area contributed by atoms with Crippen LogP contribution in [0.25, 0.3) is 10.9 Å². The summed E-state index contributed by atoms with van der Waals surface area (Å²) < 4.78 is 5.30. The summed E-state index contributed by atoms with van der Waals surface area (Å²) in [4.78, 5) is 21.8. The molecule has 0 fully saturated rings. The molecule has 136 valence electrons. The first-order valence-corrected chi connectivity index (χ1v) is 8.32. The molecule has 1 aromatic heterocycles. The summed E-state index contributed by atoms with van der Waals surface area (Å²) in [5.74, 6) is 0. The van der Waals surface area contributed by atoms with Gasteiger partial charge in [0.1, 0.15) is 5.60 Å². The molecule has 1 aromatic carbocycles. The van der Waals surface area contributed by atoms with Crippen molar-refractivity contribution in [3.05, 3.63) is 30.5 Å². The number of fused-ring (bicyclic) bond motifs is 1. The minimum absolute atomic E-state index is 0.295. The molecule has 0 spiro atoms. The van der Waals surface area contributed by atoms with Crippen molar-refractivity contribution >= 4 is 28.4 Å². The van der Waals surface area contributed by atoms with Gasteiger partial charge in [0.2, 0.25) is 0 Å². The number of nitrogens with two attached hydrogens (primary N) is 1. The Morgan fingerprint density at radius 3 is 2.72 bits per heavy atom. The summed E-state index contributed by atoms with van der Waals surface area (Å²) in [7, 11) is 0. The van der Waals surface area contributed by atoms with Crippen molar-refractivity contribution in [1.29, 1.82) is 0 Å². The highest BCUT2D eigenvalue weighted by Crippen LogP contribution is 2.27. The normalized spacial score (nSPS) is 11.4. The fourth-order valence-corrected chi connectivity index (χ4v) is 2.27. The number of pyridine rings is 1. The smallest absolute Gasteiger partial charge is 0.434 e. The molecule has 7 heteroatoms. The topological polar surface area (TPSA) is 89.7 Å². The van der Waals surface area contributed by atoms with E-state index in [2.05, 4.69) is 10.3 Å². The fourth-order valence-electron chi connectivity index (χ4n) is 2.27. The number of rotatable bonds is 6. The average molecular weight is 346 g/mol. The maximum absolute atomic E-state index is 12.0. The van der Waals surface area contributed by atoms with Gasteiger partial charge < -0.3 is 15.8 Å². The number of nitrogen functional groups attached to an aromatic ring is 1. The Hall–Kier alpha value is -2.54. The molecule has 0 saturated heterocycles. The van der Waals surface area contributed by atoms with E-state index in [0.717, 1.165) is 16.6 Å². The second-order valence-electron chi connectivity index (χ2n) is 6.54. The number of ether oxygens (including phenoxy) is 1. The number of carbonyl (C=O) groups excluding carboxylic acids is 1. The van der Waals surface area contributed by atoms with Crippen LogP contribution in [0.3, 0.4) is 0 Å². The number of nitrogens with zero attached hydrogens (tertiary/aromatic N) is 2. The molecule has 0 aliphatic carbocycles. The predicted octanol–water partition coefficient (Wildman–Crippen LogP) is 3.42. The standard InChI is InChI=1S/C18H26N4O3/c1-5-22(17(23)25-18(2,3)4)24-11-10-20-16-13-8-6-7-9-15(13)21-12-14(16)19/h6-9,12H,5,10-11,19H2,1-4H3,(H,20,21). The molecule has 2 rings (SSSR count). The van der Waals surface area contributed by atoms with E-state index in [0.29, 0.717) is 25.4 Å². The molecule has 0 aliphatic heterocycles. The van der Waals surface area contributed by atoms with Crippen LogP contribution >= 0.6 is 0 Å². The summed E-state index contributed by atoms with van der Waals surface area (Å²) in [6, 6.07) is 7.75. The highest BCUT2D eigenvalue weighted by molar-refractivity contribution is 5.96. The zero-order valence-corrected chi connectivity index (χ0v) is 15.2. The third-order valence-corrected chi connectivity index (χ3v) is 3.34. The Kier molecular flexibility index (Phi) is 6.03. The summed E-state index contributed by atoms with van der Waals surface area (Å²) in [5.41, 5.74) is 7.71. The Balaban J connectivity index is 1.93. The quantitative estimate of drug-likeness (QED) is 0.615. The minimum atomic E-state index is -0.559. The van der Waals surface area contributed by atoms with E-state index in [1.807, 2.05) is 52.0 Å². The van der Waals surface area contributed by atoms with Gasteiger partial charge in [0.25, 0.3) is 0 Å². The number of para-hydroxylation sites is 1. The van der Waals surface area contributed by atoms with Crippen LogP contribution in [0.2, 0.25) is 0 Å². The minimum Gasteiger partial charge on any atom is -0.442 e. The first-order chi connectivity index (χ1) is 11.8. The van der Waals surface area contributed by atoms with Gasteiger partial charge in [-0.2, -0.15) is 5.06 Å². The van der Waals surface area contributed by atoms with Crippen molar-refractivity contribution in [1.82, 2.24) is 10.0 Å². The maximum Gasteiger partial charge on any atom is 0.434 e. The van der Waals surface area contributed by atoms with E-state index in [1.54, 1.807) is 6.20 Å². The van der Waals surface area contributed by atoms with Gasteiger partial charge in [0.15, 0.2) is 0 Å². The monoisotopic (exact) mass is 346 g/mol. The van der Waals surface area contributed by atoms with Gasteiger partial charge in [-0.25, -0.2) is 4.79 Å². The van der Waals surface area contributed by atoms with E-state index in [9.17, 15) is 4.79 Å². The summed E-state index contributed by atoms with van der Waals surface area (Å²) in [6.07, 6.45) is 1.13. The maximum atomic E-state index is 12.0. The van der Waals surface area contributed by atoms with Gasteiger partial charge in [-0.05, 0) is 33.8 Å². The van der Waals surface area contributed by atoms with Gasteiger partial charge in [-0.3, -0.25) is 9.82 Å². The lowest BCUT2D eigenvalue weighted by Gasteiger charge is -2.25. The first kappa shape index (κ1) is 18.8. The van der Waals surface area contributed by atoms with E-state index in [4.69, 9.17) is 15.3 Å². The van der Waals surface area contributed by atoms with E-state index < -0.39 is 11.7 Å². The summed E-state index contributed by atoms with van der Waals surface area (Å²) in [6.45, 7) is 8.45. The predicted molar refractivity (Wildman–Crippen MR) is 99.2 cm³/mol. The number of nitrogens with one attached hydrogen (secondary N) is 1. The number of anilines is 2. The van der Waals surface area contributed by atoms with E-state index >= 15 is 0 Å². The van der Waals surface area contributed by atoms with Crippen LogP contribution in [0.4, 0.5) is 16.2 Å². The van der Waals surface area contributed by atoms with Crippen LogP contribution in [0, 0.1) is 0 Å². The number of carbonyl (C=O) groups is 1. The molecule has 2 aromatic rings. The molecule has 25 heavy (non-hydrogen) atoms. The number of benzene rings is 1. The Bertz CT molecular complexity index is 728. The van der Waals surface area contributed by atoms with Crippen LogP contribution in [-0.4, -0.2) is 41.4 Å². The van der Waals surface area contributed by atoms with E-state index in [-0.39, 0.29) is 0 Å². The van der Waals surface area contributed by atoms with Crippen molar-refractivity contribution in [2.24, 2.45) is 0 Å². The van der Waals surface area contributed by atoms with Crippen LogP contribution in [-0.2, 0) is 9.57 Å². The summed E-state index contributed by atoms with van der Waals surface area (Å²) >= 11 is 0. The molecule has 0 radical (unpaired) electrons. The third kappa shape index (κ3) is 5.22. The average Bonchev–Trinajstić information content (AvgIpc) is 2.54. The molecular formula is C18H26N4O3. The van der Waals surface area contributed by atoms with Crippen molar-refractivity contribution in [2.45, 2.75) is 33.3 Å². The molecule has 0 unspecified atom stereocenters. The van der Waals surface area contributed by atoms with Gasteiger partial charge in [-0.1, -0.05) is 18.2 Å². The molecular weight excluding hydrogens is 320 g/mol. The zero-order chi connectivity index (χ0) is 18.4. The van der Waals surface area contributed by atoms with Crippen molar-refractivity contribution < 1.29 is 14.4 Å². The zero-order valence-electron chi connectivity index (χ0n) is 15.2. The Morgan fingerprint density at radius 2 is 2.04 bits per heavy atom. The van der Waals surface area contributed by atoms with Crippen molar-refractivity contribution in [3.8, 4) is 0 Å². The van der Waals surface area contributed by atoms with Crippen molar-refractivity contribution in [3.63, 3.8) is 0 Å². The lowest BCUT2D eigenvalue weighted by Crippen LogP contribution is -2.37. The fraction of sp³-hybridized carbons (Fsp3) is 0.444. The molecule has 3 N–H and O–H groups in total. The van der Waals surface area contributed by atoms with E-state index in [1.165, 1.54) is 5.06 Å². The number of amides is 1. The molecule has 0 bridgehead atoms. The molecule has 1 amide bonds. The molecule has 0 atom stereocenters. The van der Waals surface area contributed by atoms with Gasteiger partial charge in [0.05, 0.1) is 29.7 Å². The number of hydrogen-bond acceptors (Lipinski definition) is 6. The highest BCUT2D eigenvalue weighted by Gasteiger charge is 2.21. The van der Waals surface area contributed by atoms with Crippen molar-refractivity contribution in [2.75, 3.05) is 30.7 Å². The van der Waals surface area contributed by atoms with Crippen LogP contribution in [0.15, 0.2) is 30.5 Å². The summed E-state index contributed by atoms with van der Waals surface area (Å²) in [5, 5.41) is 5.41. The number of aromatic nitrogens is 1. The lowest BCUT2D eigenvalue weighted by atomic mass is 10.1. The number of hydrogen-bond donors (Lipinski definition) is 2. The second kappa shape index (κ2) is 8.02. The Labute approximate surface area is 148 Å².